The zero-order valence-corrected chi connectivity index (χ0v) is 15.1. The molecule has 5 nitrogen and oxygen atoms in total. The summed E-state index contributed by atoms with van der Waals surface area (Å²) in [6, 6.07) is 1.94. The van der Waals surface area contributed by atoms with Crippen LogP contribution in [0.4, 0.5) is 0 Å². The molecule has 0 bridgehead atoms. The van der Waals surface area contributed by atoms with Gasteiger partial charge in [-0.3, -0.25) is 9.67 Å². The van der Waals surface area contributed by atoms with Gasteiger partial charge < -0.3 is 10.6 Å². The summed E-state index contributed by atoms with van der Waals surface area (Å²) in [5, 5.41) is 10.8. The molecule has 1 aromatic heterocycles. The number of hydrogen-bond donors (Lipinski definition) is 2. The SMILES string of the molecule is CCNC(=NCC(CC)CC)NCCn1cccn1.I. The number of aliphatic imine (C=N–C) groups is 1. The highest BCUT2D eigenvalue weighted by molar-refractivity contribution is 14.0. The molecule has 0 aliphatic rings. The summed E-state index contributed by atoms with van der Waals surface area (Å²) in [5.41, 5.74) is 0. The minimum absolute atomic E-state index is 0. The minimum atomic E-state index is 0. The van der Waals surface area contributed by atoms with E-state index in [2.05, 4.69) is 41.5 Å². The van der Waals surface area contributed by atoms with Crippen LogP contribution in [0.1, 0.15) is 33.6 Å². The Bertz CT molecular complexity index is 346. The Morgan fingerprint density at radius 1 is 1.25 bits per heavy atom. The zero-order valence-electron chi connectivity index (χ0n) is 12.8. The number of guanidine groups is 1. The van der Waals surface area contributed by atoms with Crippen molar-refractivity contribution in [3.63, 3.8) is 0 Å². The van der Waals surface area contributed by atoms with Crippen molar-refractivity contribution in [1.82, 2.24) is 20.4 Å². The van der Waals surface area contributed by atoms with E-state index in [1.165, 1.54) is 12.8 Å². The van der Waals surface area contributed by atoms with E-state index in [1.807, 2.05) is 16.9 Å². The Labute approximate surface area is 139 Å². The molecule has 20 heavy (non-hydrogen) atoms. The Morgan fingerprint density at radius 2 is 2.00 bits per heavy atom. The molecule has 0 saturated carbocycles. The lowest BCUT2D eigenvalue weighted by molar-refractivity contribution is 0.503. The van der Waals surface area contributed by atoms with E-state index < -0.39 is 0 Å². The summed E-state index contributed by atoms with van der Waals surface area (Å²) in [5.74, 6) is 1.59. The van der Waals surface area contributed by atoms with Crippen LogP contribution in [0.5, 0.6) is 0 Å². The summed E-state index contributed by atoms with van der Waals surface area (Å²) in [7, 11) is 0. The second-order valence-electron chi connectivity index (χ2n) is 4.60. The number of nitrogens with one attached hydrogen (secondary N) is 2. The number of halogens is 1. The first-order valence-electron chi connectivity index (χ1n) is 7.29. The fourth-order valence-electron chi connectivity index (χ4n) is 1.83. The summed E-state index contributed by atoms with van der Waals surface area (Å²) < 4.78 is 1.91. The first-order chi connectivity index (χ1) is 9.30. The Hall–Kier alpha value is -0.790. The van der Waals surface area contributed by atoms with Crippen molar-refractivity contribution in [1.29, 1.82) is 0 Å². The van der Waals surface area contributed by atoms with Gasteiger partial charge in [0.15, 0.2) is 5.96 Å². The molecule has 116 valence electrons. The fraction of sp³-hybridized carbons (Fsp3) is 0.714. The van der Waals surface area contributed by atoms with Crippen LogP contribution >= 0.6 is 24.0 Å². The van der Waals surface area contributed by atoms with E-state index in [4.69, 9.17) is 0 Å². The van der Waals surface area contributed by atoms with Gasteiger partial charge in [-0.15, -0.1) is 24.0 Å². The second-order valence-corrected chi connectivity index (χ2v) is 4.60. The number of nitrogens with zero attached hydrogens (tertiary/aromatic N) is 3. The van der Waals surface area contributed by atoms with Crippen molar-refractivity contribution in [3.05, 3.63) is 18.5 Å². The highest BCUT2D eigenvalue weighted by Gasteiger charge is 2.03. The van der Waals surface area contributed by atoms with Crippen molar-refractivity contribution >= 4 is 29.9 Å². The monoisotopic (exact) mass is 393 g/mol. The van der Waals surface area contributed by atoms with Crippen LogP contribution in [0.25, 0.3) is 0 Å². The molecule has 0 spiro atoms. The molecule has 1 heterocycles. The van der Waals surface area contributed by atoms with Gasteiger partial charge in [-0.25, -0.2) is 0 Å². The predicted molar refractivity (Wildman–Crippen MR) is 95.7 cm³/mol. The summed E-state index contributed by atoms with van der Waals surface area (Å²) in [4.78, 5) is 4.64. The maximum absolute atomic E-state index is 4.64. The smallest absolute Gasteiger partial charge is 0.191 e. The Morgan fingerprint density at radius 3 is 2.55 bits per heavy atom. The molecule has 0 aromatic carbocycles. The molecule has 0 radical (unpaired) electrons. The predicted octanol–water partition coefficient (Wildman–Crippen LogP) is 2.49. The lowest BCUT2D eigenvalue weighted by Crippen LogP contribution is -2.39. The third kappa shape index (κ3) is 7.72. The van der Waals surface area contributed by atoms with Gasteiger partial charge in [0.05, 0.1) is 6.54 Å². The highest BCUT2D eigenvalue weighted by atomic mass is 127. The molecule has 0 saturated heterocycles. The minimum Gasteiger partial charge on any atom is -0.357 e. The number of aromatic nitrogens is 2. The van der Waals surface area contributed by atoms with Crippen LogP contribution in [0.15, 0.2) is 23.5 Å². The molecular weight excluding hydrogens is 365 g/mol. The zero-order chi connectivity index (χ0) is 13.9. The van der Waals surface area contributed by atoms with E-state index in [0.29, 0.717) is 5.92 Å². The third-order valence-electron chi connectivity index (χ3n) is 3.20. The van der Waals surface area contributed by atoms with Crippen LogP contribution in [-0.4, -0.2) is 35.4 Å². The van der Waals surface area contributed by atoms with Crippen molar-refractivity contribution in [2.75, 3.05) is 19.6 Å². The molecule has 0 amide bonds. The molecule has 0 atom stereocenters. The van der Waals surface area contributed by atoms with Gasteiger partial charge in [0, 0.05) is 32.0 Å². The van der Waals surface area contributed by atoms with Crippen LogP contribution in [0.2, 0.25) is 0 Å². The van der Waals surface area contributed by atoms with Gasteiger partial charge in [0.2, 0.25) is 0 Å². The second kappa shape index (κ2) is 12.0. The van der Waals surface area contributed by atoms with E-state index in [1.54, 1.807) is 6.20 Å². The maximum atomic E-state index is 4.64. The lowest BCUT2D eigenvalue weighted by atomic mass is 10.0. The molecule has 0 fully saturated rings. The molecule has 0 aliphatic heterocycles. The van der Waals surface area contributed by atoms with Gasteiger partial charge in [-0.05, 0) is 18.9 Å². The van der Waals surface area contributed by atoms with Gasteiger partial charge in [-0.2, -0.15) is 5.10 Å². The van der Waals surface area contributed by atoms with E-state index in [9.17, 15) is 0 Å². The van der Waals surface area contributed by atoms with Crippen molar-refractivity contribution < 1.29 is 0 Å². The van der Waals surface area contributed by atoms with Gasteiger partial charge >= 0.3 is 0 Å². The van der Waals surface area contributed by atoms with Crippen LogP contribution in [0.3, 0.4) is 0 Å². The molecule has 1 aromatic rings. The van der Waals surface area contributed by atoms with Crippen LogP contribution in [-0.2, 0) is 6.54 Å². The molecular formula is C14H28IN5. The van der Waals surface area contributed by atoms with E-state index in [-0.39, 0.29) is 24.0 Å². The van der Waals surface area contributed by atoms with Gasteiger partial charge in [-0.1, -0.05) is 26.7 Å². The molecule has 2 N–H and O–H groups in total. The lowest BCUT2D eigenvalue weighted by Gasteiger charge is -2.14. The molecule has 0 unspecified atom stereocenters. The topological polar surface area (TPSA) is 54.2 Å². The molecule has 1 rings (SSSR count). The van der Waals surface area contributed by atoms with Gasteiger partial charge in [0.1, 0.15) is 0 Å². The van der Waals surface area contributed by atoms with Crippen molar-refractivity contribution in [2.45, 2.75) is 40.2 Å². The first kappa shape index (κ1) is 19.2. The quantitative estimate of drug-likeness (QED) is 0.406. The summed E-state index contributed by atoms with van der Waals surface area (Å²) in [6.07, 6.45) is 6.14. The fourth-order valence-corrected chi connectivity index (χ4v) is 1.83. The first-order valence-corrected chi connectivity index (χ1v) is 7.29. The molecule has 6 heteroatoms. The van der Waals surface area contributed by atoms with Crippen molar-refractivity contribution in [3.8, 4) is 0 Å². The highest BCUT2D eigenvalue weighted by Crippen LogP contribution is 2.06. The van der Waals surface area contributed by atoms with Crippen LogP contribution in [0, 0.1) is 5.92 Å². The average molecular weight is 393 g/mol. The number of rotatable bonds is 8. The maximum Gasteiger partial charge on any atom is 0.191 e. The van der Waals surface area contributed by atoms with Crippen molar-refractivity contribution in [2.24, 2.45) is 10.9 Å². The third-order valence-corrected chi connectivity index (χ3v) is 3.20. The Kier molecular flexibility index (Phi) is 11.5. The Balaban J connectivity index is 0.00000361. The molecule has 0 aliphatic carbocycles. The largest absolute Gasteiger partial charge is 0.357 e. The van der Waals surface area contributed by atoms with E-state index in [0.717, 1.165) is 32.1 Å². The van der Waals surface area contributed by atoms with Gasteiger partial charge in [0.25, 0.3) is 0 Å². The standard InChI is InChI=1S/C14H27N5.HI/c1-4-13(5-2)12-17-14(15-6-3)16-9-11-19-10-7-8-18-19;/h7-8,10,13H,4-6,9,11-12H2,1-3H3,(H2,15,16,17);1H. The van der Waals surface area contributed by atoms with Crippen LogP contribution < -0.4 is 10.6 Å². The summed E-state index contributed by atoms with van der Waals surface area (Å²) in [6.45, 7) is 9.99. The van der Waals surface area contributed by atoms with E-state index >= 15 is 0 Å². The average Bonchev–Trinajstić information content (AvgIpc) is 2.93. The number of hydrogen-bond acceptors (Lipinski definition) is 2. The summed E-state index contributed by atoms with van der Waals surface area (Å²) >= 11 is 0. The normalized spacial score (nSPS) is 11.3.